The van der Waals surface area contributed by atoms with Gasteiger partial charge in [-0.3, -0.25) is 5.10 Å². The second kappa shape index (κ2) is 6.44. The summed E-state index contributed by atoms with van der Waals surface area (Å²) in [6.07, 6.45) is 1.53. The van der Waals surface area contributed by atoms with Gasteiger partial charge in [-0.2, -0.15) is 10.1 Å². The van der Waals surface area contributed by atoms with Gasteiger partial charge in [-0.25, -0.2) is 4.79 Å². The predicted molar refractivity (Wildman–Crippen MR) is 85.1 cm³/mol. The lowest BCUT2D eigenvalue weighted by Crippen LogP contribution is -2.05. The van der Waals surface area contributed by atoms with Gasteiger partial charge < -0.3 is 13.7 Å². The van der Waals surface area contributed by atoms with Crippen LogP contribution in [0.3, 0.4) is 0 Å². The van der Waals surface area contributed by atoms with Crippen molar-refractivity contribution in [2.45, 2.75) is 6.61 Å². The number of ether oxygens (including phenoxy) is 1. The zero-order valence-corrected chi connectivity index (χ0v) is 12.9. The Labute approximate surface area is 141 Å². The molecule has 3 heterocycles. The Kier molecular flexibility index (Phi) is 3.83. The number of hydrogen-bond donors (Lipinski definition) is 1. The first-order chi connectivity index (χ1) is 12.3. The van der Waals surface area contributed by atoms with Crippen LogP contribution >= 0.6 is 0 Å². The molecule has 0 amide bonds. The first kappa shape index (κ1) is 14.9. The fourth-order valence-electron chi connectivity index (χ4n) is 2.20. The van der Waals surface area contributed by atoms with E-state index in [-0.39, 0.29) is 18.2 Å². The summed E-state index contributed by atoms with van der Waals surface area (Å²) in [7, 11) is 0. The average molecular weight is 336 g/mol. The van der Waals surface area contributed by atoms with E-state index < -0.39 is 5.97 Å². The maximum absolute atomic E-state index is 12.1. The molecule has 25 heavy (non-hydrogen) atoms. The van der Waals surface area contributed by atoms with Gasteiger partial charge in [0.25, 0.3) is 5.89 Å². The van der Waals surface area contributed by atoms with E-state index in [4.69, 9.17) is 13.7 Å². The Balaban J connectivity index is 1.40. The summed E-state index contributed by atoms with van der Waals surface area (Å²) < 4.78 is 15.5. The number of hydrogen-bond acceptors (Lipinski definition) is 7. The molecule has 8 nitrogen and oxygen atoms in total. The number of esters is 1. The van der Waals surface area contributed by atoms with Gasteiger partial charge in [0, 0.05) is 11.6 Å². The highest BCUT2D eigenvalue weighted by atomic mass is 16.6. The largest absolute Gasteiger partial charge is 0.463 e. The van der Waals surface area contributed by atoms with Gasteiger partial charge in [-0.05, 0) is 12.1 Å². The summed E-state index contributed by atoms with van der Waals surface area (Å²) in [5.41, 5.74) is 1.54. The third-order valence-electron chi connectivity index (χ3n) is 3.40. The molecule has 0 aliphatic heterocycles. The number of furan rings is 1. The quantitative estimate of drug-likeness (QED) is 0.558. The minimum Gasteiger partial charge on any atom is -0.463 e. The molecule has 124 valence electrons. The Morgan fingerprint density at radius 1 is 1.16 bits per heavy atom. The lowest BCUT2D eigenvalue weighted by atomic mass is 10.2. The number of nitrogens with one attached hydrogen (secondary N) is 1. The van der Waals surface area contributed by atoms with Crippen molar-refractivity contribution >= 4 is 5.97 Å². The van der Waals surface area contributed by atoms with Crippen molar-refractivity contribution in [2.24, 2.45) is 0 Å². The van der Waals surface area contributed by atoms with Crippen LogP contribution in [0.15, 0.2) is 63.7 Å². The third-order valence-corrected chi connectivity index (χ3v) is 3.40. The maximum Gasteiger partial charge on any atom is 0.356 e. The topological polar surface area (TPSA) is 107 Å². The van der Waals surface area contributed by atoms with Crippen molar-refractivity contribution in [1.82, 2.24) is 20.3 Å². The van der Waals surface area contributed by atoms with E-state index in [2.05, 4.69) is 20.3 Å². The molecule has 1 aromatic carbocycles. The first-order valence-electron chi connectivity index (χ1n) is 7.44. The Bertz CT molecular complexity index is 973. The van der Waals surface area contributed by atoms with E-state index in [1.165, 1.54) is 6.26 Å². The molecule has 0 spiro atoms. The smallest absolute Gasteiger partial charge is 0.356 e. The molecule has 3 aromatic heterocycles. The summed E-state index contributed by atoms with van der Waals surface area (Å²) in [5.74, 6) is 0.621. The number of carbonyl (C=O) groups excluding carboxylic acids is 1. The van der Waals surface area contributed by atoms with Gasteiger partial charge in [-0.1, -0.05) is 35.5 Å². The van der Waals surface area contributed by atoms with Crippen LogP contribution in [-0.2, 0) is 11.3 Å². The number of benzene rings is 1. The van der Waals surface area contributed by atoms with Crippen molar-refractivity contribution in [2.75, 3.05) is 0 Å². The first-order valence-corrected chi connectivity index (χ1v) is 7.44. The second-order valence-corrected chi connectivity index (χ2v) is 5.10. The molecule has 0 saturated carbocycles. The van der Waals surface area contributed by atoms with Crippen LogP contribution in [0, 0.1) is 0 Å². The number of aromatic amines is 1. The van der Waals surface area contributed by atoms with Crippen molar-refractivity contribution in [3.8, 4) is 22.8 Å². The van der Waals surface area contributed by atoms with Gasteiger partial charge in [0.05, 0.1) is 6.26 Å². The van der Waals surface area contributed by atoms with Crippen LogP contribution in [0.25, 0.3) is 22.8 Å². The highest BCUT2D eigenvalue weighted by molar-refractivity contribution is 5.88. The van der Waals surface area contributed by atoms with E-state index in [9.17, 15) is 4.79 Å². The van der Waals surface area contributed by atoms with Gasteiger partial charge in [0.1, 0.15) is 11.4 Å². The van der Waals surface area contributed by atoms with Gasteiger partial charge in [0.2, 0.25) is 5.82 Å². The molecule has 4 rings (SSSR count). The molecule has 1 N–H and O–H groups in total. The number of aromatic nitrogens is 4. The standard InChI is InChI=1S/C17H12N4O4/c22-17(13-9-12(19-20-13)14-7-4-8-23-14)24-10-15-18-16(21-25-15)11-5-2-1-3-6-11/h1-9H,10H2,(H,19,20). The molecule has 0 aliphatic rings. The summed E-state index contributed by atoms with van der Waals surface area (Å²) in [6.45, 7) is -0.131. The lowest BCUT2D eigenvalue weighted by molar-refractivity contribution is 0.0423. The molecule has 0 fully saturated rings. The SMILES string of the molecule is O=C(OCc1nc(-c2ccccc2)no1)c1cc(-c2ccco2)n[nH]1. The fraction of sp³-hybridized carbons (Fsp3) is 0.0588. The molecule has 0 saturated heterocycles. The van der Waals surface area contributed by atoms with Crippen molar-refractivity contribution < 1.29 is 18.5 Å². The van der Waals surface area contributed by atoms with Crippen LogP contribution < -0.4 is 0 Å². The Morgan fingerprint density at radius 3 is 2.84 bits per heavy atom. The number of nitrogens with zero attached hydrogens (tertiary/aromatic N) is 3. The molecular weight excluding hydrogens is 324 g/mol. The number of H-pyrrole nitrogens is 1. The molecule has 0 radical (unpaired) electrons. The molecule has 8 heteroatoms. The van der Waals surface area contributed by atoms with Gasteiger partial charge in [-0.15, -0.1) is 0 Å². The Hall–Kier alpha value is -3.68. The van der Waals surface area contributed by atoms with Crippen molar-refractivity contribution in [3.63, 3.8) is 0 Å². The molecule has 4 aromatic rings. The monoisotopic (exact) mass is 336 g/mol. The molecule has 0 aliphatic carbocycles. The van der Waals surface area contributed by atoms with Gasteiger partial charge in [0.15, 0.2) is 12.4 Å². The maximum atomic E-state index is 12.1. The van der Waals surface area contributed by atoms with E-state index in [1.54, 1.807) is 18.2 Å². The number of rotatable bonds is 5. The molecule has 0 unspecified atom stereocenters. The van der Waals surface area contributed by atoms with Crippen molar-refractivity contribution in [1.29, 1.82) is 0 Å². The zero-order chi connectivity index (χ0) is 17.1. The summed E-state index contributed by atoms with van der Waals surface area (Å²) in [5, 5.41) is 10.5. The van der Waals surface area contributed by atoms with Crippen LogP contribution in [0.4, 0.5) is 0 Å². The van der Waals surface area contributed by atoms with Crippen LogP contribution in [-0.4, -0.2) is 26.3 Å². The summed E-state index contributed by atoms with van der Waals surface area (Å²) in [6, 6.07) is 14.4. The normalized spacial score (nSPS) is 10.7. The van der Waals surface area contributed by atoms with Gasteiger partial charge >= 0.3 is 5.97 Å². The number of carbonyl (C=O) groups is 1. The molecule has 0 bridgehead atoms. The van der Waals surface area contributed by atoms with E-state index in [1.807, 2.05) is 30.3 Å². The van der Waals surface area contributed by atoms with E-state index in [0.29, 0.717) is 17.3 Å². The van der Waals surface area contributed by atoms with Crippen molar-refractivity contribution in [3.05, 3.63) is 66.4 Å². The summed E-state index contributed by atoms with van der Waals surface area (Å²) >= 11 is 0. The lowest BCUT2D eigenvalue weighted by Gasteiger charge is -1.98. The highest BCUT2D eigenvalue weighted by Crippen LogP contribution is 2.19. The average Bonchev–Trinajstić information content (AvgIpc) is 3.41. The van der Waals surface area contributed by atoms with Crippen LogP contribution in [0.1, 0.15) is 16.4 Å². The third kappa shape index (κ3) is 3.18. The fourth-order valence-corrected chi connectivity index (χ4v) is 2.20. The molecule has 0 atom stereocenters. The zero-order valence-electron chi connectivity index (χ0n) is 12.9. The van der Waals surface area contributed by atoms with Crippen LogP contribution in [0.5, 0.6) is 0 Å². The Morgan fingerprint density at radius 2 is 2.04 bits per heavy atom. The predicted octanol–water partition coefficient (Wildman–Crippen LogP) is 3.08. The minimum atomic E-state index is -0.579. The second-order valence-electron chi connectivity index (χ2n) is 5.10. The minimum absolute atomic E-state index is 0.131. The highest BCUT2D eigenvalue weighted by Gasteiger charge is 2.16. The van der Waals surface area contributed by atoms with E-state index >= 15 is 0 Å². The van der Waals surface area contributed by atoms with E-state index in [0.717, 1.165) is 5.56 Å². The molecular formula is C17H12N4O4. The summed E-state index contributed by atoms with van der Waals surface area (Å²) in [4.78, 5) is 16.3. The van der Waals surface area contributed by atoms with Crippen LogP contribution in [0.2, 0.25) is 0 Å².